The van der Waals surface area contributed by atoms with E-state index in [1.165, 1.54) is 0 Å². The molecule has 2 rings (SSSR count). The van der Waals surface area contributed by atoms with Crippen molar-refractivity contribution in [1.82, 2.24) is 0 Å². The van der Waals surface area contributed by atoms with E-state index in [9.17, 15) is 4.79 Å². The number of halogens is 1. The molecule has 0 radical (unpaired) electrons. The van der Waals surface area contributed by atoms with E-state index in [0.717, 1.165) is 30.5 Å². The highest BCUT2D eigenvalue weighted by Crippen LogP contribution is 2.30. The molecule has 1 N–H and O–H groups in total. The molecular weight excluding hydrogens is 338 g/mol. The Kier molecular flexibility index (Phi) is 6.66. The van der Waals surface area contributed by atoms with E-state index in [-0.39, 0.29) is 16.7 Å². The third-order valence-electron chi connectivity index (χ3n) is 3.68. The number of hydrogen-bond donors (Lipinski definition) is 1. The van der Waals surface area contributed by atoms with Gasteiger partial charge in [-0.15, -0.1) is 0 Å². The summed E-state index contributed by atoms with van der Waals surface area (Å²) < 4.78 is 0. The molecule has 0 heterocycles. The maximum Gasteiger partial charge on any atom is 0.233 e. The maximum absolute atomic E-state index is 12.8. The lowest BCUT2D eigenvalue weighted by Crippen LogP contribution is -2.28. The average Bonchev–Trinajstić information content (AvgIpc) is 2.55. The van der Waals surface area contributed by atoms with E-state index < -0.39 is 0 Å². The molecule has 0 aliphatic carbocycles. The van der Waals surface area contributed by atoms with Crippen molar-refractivity contribution in [2.24, 2.45) is 0 Å². The van der Waals surface area contributed by atoms with Crippen molar-refractivity contribution in [3.05, 3.63) is 66.2 Å². The van der Waals surface area contributed by atoms with E-state index in [1.54, 1.807) is 0 Å². The van der Waals surface area contributed by atoms with Gasteiger partial charge in [-0.1, -0.05) is 84.2 Å². The second-order valence-corrected chi connectivity index (χ2v) is 6.58. The lowest BCUT2D eigenvalue weighted by atomic mass is 9.92. The fraction of sp³-hybridized carbons (Fsp3) is 0.316. The Labute approximate surface area is 141 Å². The van der Waals surface area contributed by atoms with Crippen LogP contribution in [0.5, 0.6) is 0 Å². The van der Waals surface area contributed by atoms with Crippen LogP contribution in [0, 0.1) is 0 Å². The first kappa shape index (κ1) is 16.8. The summed E-state index contributed by atoms with van der Waals surface area (Å²) in [6.07, 6.45) is 3.22. The molecule has 22 heavy (non-hydrogen) atoms. The van der Waals surface area contributed by atoms with Crippen LogP contribution < -0.4 is 5.32 Å². The van der Waals surface area contributed by atoms with Crippen LogP contribution in [0.4, 0.5) is 5.69 Å². The summed E-state index contributed by atoms with van der Waals surface area (Å²) in [6, 6.07) is 19.6. The first-order valence-electron chi connectivity index (χ1n) is 7.77. The highest BCUT2D eigenvalue weighted by Gasteiger charge is 2.27. The SMILES string of the molecule is CCCCC(Br)C(C(=O)Nc1ccccc1)c1ccccc1. The molecule has 0 bridgehead atoms. The Morgan fingerprint density at radius 2 is 1.64 bits per heavy atom. The standard InChI is InChI=1S/C19H22BrNO/c1-2-3-14-17(20)18(15-10-6-4-7-11-15)19(22)21-16-12-8-5-9-13-16/h4-13,17-18H,2-3,14H2,1H3,(H,21,22). The Morgan fingerprint density at radius 3 is 2.23 bits per heavy atom. The van der Waals surface area contributed by atoms with Crippen molar-refractivity contribution in [2.45, 2.75) is 36.9 Å². The third kappa shape index (κ3) is 4.70. The van der Waals surface area contributed by atoms with Gasteiger partial charge in [0.15, 0.2) is 0 Å². The minimum atomic E-state index is -0.187. The minimum Gasteiger partial charge on any atom is -0.326 e. The van der Waals surface area contributed by atoms with Crippen LogP contribution in [0.15, 0.2) is 60.7 Å². The molecule has 3 heteroatoms. The smallest absolute Gasteiger partial charge is 0.233 e. The summed E-state index contributed by atoms with van der Waals surface area (Å²) in [5.74, 6) is -0.150. The molecule has 0 aliphatic heterocycles. The zero-order valence-electron chi connectivity index (χ0n) is 12.8. The molecule has 0 aromatic heterocycles. The molecule has 2 nitrogen and oxygen atoms in total. The predicted molar refractivity (Wildman–Crippen MR) is 96.5 cm³/mol. The number of nitrogens with one attached hydrogen (secondary N) is 1. The van der Waals surface area contributed by atoms with E-state index in [1.807, 2.05) is 60.7 Å². The first-order valence-corrected chi connectivity index (χ1v) is 8.69. The molecule has 0 spiro atoms. The Bertz CT molecular complexity index is 571. The second kappa shape index (κ2) is 8.74. The van der Waals surface area contributed by atoms with Gasteiger partial charge >= 0.3 is 0 Å². The zero-order valence-corrected chi connectivity index (χ0v) is 14.4. The quantitative estimate of drug-likeness (QED) is 0.662. The number of amides is 1. The van der Waals surface area contributed by atoms with Gasteiger partial charge in [0, 0.05) is 10.5 Å². The van der Waals surface area contributed by atoms with Crippen LogP contribution in [0.2, 0.25) is 0 Å². The molecule has 116 valence electrons. The van der Waals surface area contributed by atoms with E-state index in [4.69, 9.17) is 0 Å². The monoisotopic (exact) mass is 359 g/mol. The number of carbonyl (C=O) groups excluding carboxylic acids is 1. The van der Waals surface area contributed by atoms with Crippen LogP contribution >= 0.6 is 15.9 Å². The number of para-hydroxylation sites is 1. The summed E-state index contributed by atoms with van der Waals surface area (Å²) in [4.78, 5) is 12.9. The average molecular weight is 360 g/mol. The molecule has 0 saturated carbocycles. The Hall–Kier alpha value is -1.61. The number of anilines is 1. The number of carbonyl (C=O) groups is 1. The van der Waals surface area contributed by atoms with Crippen LogP contribution in [-0.4, -0.2) is 10.7 Å². The molecule has 0 aliphatic rings. The van der Waals surface area contributed by atoms with Crippen molar-refractivity contribution >= 4 is 27.5 Å². The molecule has 0 saturated heterocycles. The van der Waals surface area contributed by atoms with Crippen molar-refractivity contribution in [2.75, 3.05) is 5.32 Å². The minimum absolute atomic E-state index is 0.0374. The molecule has 2 atom stereocenters. The predicted octanol–water partition coefficient (Wildman–Crippen LogP) is 5.36. The maximum atomic E-state index is 12.8. The van der Waals surface area contributed by atoms with Gasteiger partial charge in [-0.05, 0) is 24.1 Å². The largest absolute Gasteiger partial charge is 0.326 e. The number of hydrogen-bond acceptors (Lipinski definition) is 1. The molecule has 2 aromatic carbocycles. The van der Waals surface area contributed by atoms with Crippen LogP contribution in [0.1, 0.15) is 37.7 Å². The Balaban J connectivity index is 2.18. The molecule has 2 aromatic rings. The van der Waals surface area contributed by atoms with Gasteiger partial charge in [0.1, 0.15) is 0 Å². The third-order valence-corrected chi connectivity index (χ3v) is 4.66. The molecular formula is C19H22BrNO. The van der Waals surface area contributed by atoms with Gasteiger partial charge in [0.2, 0.25) is 5.91 Å². The Morgan fingerprint density at radius 1 is 1.05 bits per heavy atom. The van der Waals surface area contributed by atoms with E-state index in [2.05, 4.69) is 28.2 Å². The van der Waals surface area contributed by atoms with Gasteiger partial charge in [-0.2, -0.15) is 0 Å². The highest BCUT2D eigenvalue weighted by atomic mass is 79.9. The number of benzene rings is 2. The second-order valence-electron chi connectivity index (χ2n) is 5.40. The number of unbranched alkanes of at least 4 members (excludes halogenated alkanes) is 1. The van der Waals surface area contributed by atoms with Crippen molar-refractivity contribution in [3.8, 4) is 0 Å². The number of alkyl halides is 1. The van der Waals surface area contributed by atoms with E-state index >= 15 is 0 Å². The van der Waals surface area contributed by atoms with Gasteiger partial charge in [0.25, 0.3) is 0 Å². The van der Waals surface area contributed by atoms with Gasteiger partial charge in [-0.3, -0.25) is 4.79 Å². The summed E-state index contributed by atoms with van der Waals surface area (Å²) >= 11 is 3.74. The number of rotatable bonds is 7. The summed E-state index contributed by atoms with van der Waals surface area (Å²) in [5, 5.41) is 3.03. The molecule has 0 fully saturated rings. The van der Waals surface area contributed by atoms with Crippen molar-refractivity contribution < 1.29 is 4.79 Å². The van der Waals surface area contributed by atoms with E-state index in [0.29, 0.717) is 0 Å². The highest BCUT2D eigenvalue weighted by molar-refractivity contribution is 9.09. The summed E-state index contributed by atoms with van der Waals surface area (Å²) in [6.45, 7) is 2.17. The summed E-state index contributed by atoms with van der Waals surface area (Å²) in [7, 11) is 0. The lowest BCUT2D eigenvalue weighted by Gasteiger charge is -2.22. The van der Waals surface area contributed by atoms with Crippen LogP contribution in [0.25, 0.3) is 0 Å². The lowest BCUT2D eigenvalue weighted by molar-refractivity contribution is -0.117. The summed E-state index contributed by atoms with van der Waals surface area (Å²) in [5.41, 5.74) is 1.89. The zero-order chi connectivity index (χ0) is 15.8. The van der Waals surface area contributed by atoms with Crippen molar-refractivity contribution in [3.63, 3.8) is 0 Å². The van der Waals surface area contributed by atoms with Crippen molar-refractivity contribution in [1.29, 1.82) is 0 Å². The van der Waals surface area contributed by atoms with Crippen LogP contribution in [0.3, 0.4) is 0 Å². The molecule has 2 unspecified atom stereocenters. The van der Waals surface area contributed by atoms with Crippen LogP contribution in [-0.2, 0) is 4.79 Å². The topological polar surface area (TPSA) is 29.1 Å². The molecule has 1 amide bonds. The first-order chi connectivity index (χ1) is 10.7. The normalized spacial score (nSPS) is 13.4. The van der Waals surface area contributed by atoms with Gasteiger partial charge < -0.3 is 5.32 Å². The fourth-order valence-corrected chi connectivity index (χ4v) is 3.36. The van der Waals surface area contributed by atoms with Gasteiger partial charge in [-0.25, -0.2) is 0 Å². The van der Waals surface area contributed by atoms with Gasteiger partial charge in [0.05, 0.1) is 5.92 Å². The fourth-order valence-electron chi connectivity index (χ4n) is 2.49.